The summed E-state index contributed by atoms with van der Waals surface area (Å²) in [5.41, 5.74) is 6.56. The van der Waals surface area contributed by atoms with Gasteiger partial charge in [-0.05, 0) is 24.6 Å². The van der Waals surface area contributed by atoms with Crippen molar-refractivity contribution in [1.29, 1.82) is 0 Å². The molecule has 100 valence electrons. The molecule has 0 aromatic heterocycles. The molecule has 6 heteroatoms. The van der Waals surface area contributed by atoms with Crippen molar-refractivity contribution in [2.24, 2.45) is 0 Å². The van der Waals surface area contributed by atoms with E-state index in [-0.39, 0.29) is 18.0 Å². The van der Waals surface area contributed by atoms with Gasteiger partial charge >= 0.3 is 0 Å². The van der Waals surface area contributed by atoms with Crippen LogP contribution in [0.15, 0.2) is 18.2 Å². The number of nitrogens with one attached hydrogen (secondary N) is 1. The lowest BCUT2D eigenvalue weighted by Crippen LogP contribution is -2.40. The third kappa shape index (κ3) is 2.42. The second-order valence-electron chi connectivity index (χ2n) is 4.35. The maximum absolute atomic E-state index is 12.0. The Bertz CT molecular complexity index is 554. The fourth-order valence-corrected chi connectivity index (χ4v) is 1.92. The van der Waals surface area contributed by atoms with Crippen molar-refractivity contribution < 1.29 is 14.4 Å². The summed E-state index contributed by atoms with van der Waals surface area (Å²) in [5.74, 6) is -1.27. The summed E-state index contributed by atoms with van der Waals surface area (Å²) in [6.45, 7) is 2.19. The second-order valence-corrected chi connectivity index (χ2v) is 4.35. The van der Waals surface area contributed by atoms with Gasteiger partial charge in [0.15, 0.2) is 0 Å². The molecule has 3 amide bonds. The van der Waals surface area contributed by atoms with E-state index < -0.39 is 11.8 Å². The average molecular weight is 261 g/mol. The molecule has 0 unspecified atom stereocenters. The summed E-state index contributed by atoms with van der Waals surface area (Å²) in [6, 6.07) is 4.53. The first-order valence-corrected chi connectivity index (χ1v) is 6.07. The summed E-state index contributed by atoms with van der Waals surface area (Å²) in [5, 5.41) is 2.63. The van der Waals surface area contributed by atoms with Gasteiger partial charge in [-0.3, -0.25) is 19.3 Å². The predicted molar refractivity (Wildman–Crippen MR) is 69.5 cm³/mol. The number of imide groups is 1. The van der Waals surface area contributed by atoms with Crippen LogP contribution in [0.4, 0.5) is 5.69 Å². The van der Waals surface area contributed by atoms with E-state index in [2.05, 4.69) is 5.32 Å². The Morgan fingerprint density at radius 2 is 1.95 bits per heavy atom. The van der Waals surface area contributed by atoms with Gasteiger partial charge < -0.3 is 11.1 Å². The van der Waals surface area contributed by atoms with E-state index in [1.54, 1.807) is 6.07 Å². The number of benzene rings is 1. The fraction of sp³-hybridized carbons (Fsp3) is 0.308. The van der Waals surface area contributed by atoms with Gasteiger partial charge in [-0.15, -0.1) is 0 Å². The number of carbonyl (C=O) groups is 3. The lowest BCUT2D eigenvalue weighted by Gasteiger charge is -2.13. The van der Waals surface area contributed by atoms with Crippen LogP contribution in [0.5, 0.6) is 0 Å². The van der Waals surface area contributed by atoms with Crippen LogP contribution < -0.4 is 11.1 Å². The molecule has 0 fully saturated rings. The number of hydrogen-bond acceptors (Lipinski definition) is 4. The summed E-state index contributed by atoms with van der Waals surface area (Å²) in [7, 11) is 0. The van der Waals surface area contributed by atoms with E-state index in [1.807, 2.05) is 6.92 Å². The molecule has 0 radical (unpaired) electrons. The van der Waals surface area contributed by atoms with Crippen molar-refractivity contribution in [3.8, 4) is 0 Å². The van der Waals surface area contributed by atoms with E-state index in [0.29, 0.717) is 17.8 Å². The lowest BCUT2D eigenvalue weighted by molar-refractivity contribution is -0.121. The molecular formula is C13H15N3O3. The Morgan fingerprint density at radius 1 is 1.26 bits per heavy atom. The average Bonchev–Trinajstić information content (AvgIpc) is 2.61. The highest BCUT2D eigenvalue weighted by Crippen LogP contribution is 2.24. The molecular weight excluding hydrogens is 246 g/mol. The maximum atomic E-state index is 12.0. The normalized spacial score (nSPS) is 13.6. The molecule has 0 saturated heterocycles. The van der Waals surface area contributed by atoms with E-state index in [4.69, 9.17) is 5.73 Å². The molecule has 1 aromatic rings. The topological polar surface area (TPSA) is 92.5 Å². The van der Waals surface area contributed by atoms with Gasteiger partial charge in [0, 0.05) is 12.2 Å². The zero-order valence-electron chi connectivity index (χ0n) is 10.6. The number of hydrogen-bond donors (Lipinski definition) is 2. The molecule has 1 heterocycles. The molecule has 1 aliphatic heterocycles. The minimum atomic E-state index is -0.473. The minimum Gasteiger partial charge on any atom is -0.399 e. The standard InChI is InChI=1S/C13H15N3O3/c1-2-5-15-11(17)7-16-12(18)9-4-3-8(14)6-10(9)13(16)19/h3-4,6H,2,5,7,14H2,1H3,(H,15,17). The molecule has 1 aromatic carbocycles. The van der Waals surface area contributed by atoms with Crippen molar-refractivity contribution in [2.75, 3.05) is 18.8 Å². The number of nitrogens with zero attached hydrogens (tertiary/aromatic N) is 1. The quantitative estimate of drug-likeness (QED) is 0.605. The highest BCUT2D eigenvalue weighted by Gasteiger charge is 2.36. The summed E-state index contributed by atoms with van der Waals surface area (Å²) < 4.78 is 0. The largest absolute Gasteiger partial charge is 0.399 e. The van der Waals surface area contributed by atoms with Crippen LogP contribution in [0.1, 0.15) is 34.1 Å². The fourth-order valence-electron chi connectivity index (χ4n) is 1.92. The maximum Gasteiger partial charge on any atom is 0.262 e. The summed E-state index contributed by atoms with van der Waals surface area (Å²) in [4.78, 5) is 36.6. The van der Waals surface area contributed by atoms with Crippen LogP contribution in [0, 0.1) is 0 Å². The predicted octanol–water partition coefficient (Wildman–Crippen LogP) is 0.391. The van der Waals surface area contributed by atoms with Gasteiger partial charge in [0.1, 0.15) is 6.54 Å². The number of fused-ring (bicyclic) bond motifs is 1. The van der Waals surface area contributed by atoms with Gasteiger partial charge in [0.25, 0.3) is 11.8 Å². The van der Waals surface area contributed by atoms with E-state index in [1.165, 1.54) is 12.1 Å². The molecule has 2 rings (SSSR count). The van der Waals surface area contributed by atoms with Crippen LogP contribution >= 0.6 is 0 Å². The molecule has 6 nitrogen and oxygen atoms in total. The van der Waals surface area contributed by atoms with Crippen LogP contribution in [-0.4, -0.2) is 35.7 Å². The second kappa shape index (κ2) is 5.09. The number of anilines is 1. The zero-order chi connectivity index (χ0) is 14.0. The van der Waals surface area contributed by atoms with Crippen LogP contribution in [0.25, 0.3) is 0 Å². The number of carbonyl (C=O) groups excluding carboxylic acids is 3. The Kier molecular flexibility index (Phi) is 3.50. The molecule has 0 atom stereocenters. The van der Waals surface area contributed by atoms with E-state index in [0.717, 1.165) is 11.3 Å². The molecule has 0 aliphatic carbocycles. The van der Waals surface area contributed by atoms with Crippen molar-refractivity contribution in [3.05, 3.63) is 29.3 Å². The number of nitrogens with two attached hydrogens (primary N) is 1. The Labute approximate surface area is 110 Å². The molecule has 0 spiro atoms. The van der Waals surface area contributed by atoms with Crippen molar-refractivity contribution in [3.63, 3.8) is 0 Å². The number of rotatable bonds is 4. The van der Waals surface area contributed by atoms with Gasteiger partial charge in [-0.1, -0.05) is 6.92 Å². The van der Waals surface area contributed by atoms with Crippen molar-refractivity contribution >= 4 is 23.4 Å². The van der Waals surface area contributed by atoms with Crippen LogP contribution in [-0.2, 0) is 4.79 Å². The van der Waals surface area contributed by atoms with Gasteiger partial charge in [0.05, 0.1) is 11.1 Å². The highest BCUT2D eigenvalue weighted by molar-refractivity contribution is 6.22. The SMILES string of the molecule is CCCNC(=O)CN1C(=O)c2ccc(N)cc2C1=O. The monoisotopic (exact) mass is 261 g/mol. The zero-order valence-corrected chi connectivity index (χ0v) is 10.6. The van der Waals surface area contributed by atoms with E-state index >= 15 is 0 Å². The first-order chi connectivity index (χ1) is 9.04. The van der Waals surface area contributed by atoms with Crippen LogP contribution in [0.2, 0.25) is 0 Å². The summed E-state index contributed by atoms with van der Waals surface area (Å²) >= 11 is 0. The van der Waals surface area contributed by atoms with Gasteiger partial charge in [-0.25, -0.2) is 0 Å². The van der Waals surface area contributed by atoms with Gasteiger partial charge in [0.2, 0.25) is 5.91 Å². The Hall–Kier alpha value is -2.37. The lowest BCUT2D eigenvalue weighted by atomic mass is 10.1. The Balaban J connectivity index is 2.16. The molecule has 0 bridgehead atoms. The van der Waals surface area contributed by atoms with Crippen molar-refractivity contribution in [2.45, 2.75) is 13.3 Å². The molecule has 3 N–H and O–H groups in total. The number of amides is 3. The van der Waals surface area contributed by atoms with Crippen molar-refractivity contribution in [1.82, 2.24) is 10.2 Å². The van der Waals surface area contributed by atoms with Crippen LogP contribution in [0.3, 0.4) is 0 Å². The third-order valence-corrected chi connectivity index (χ3v) is 2.87. The summed E-state index contributed by atoms with van der Waals surface area (Å²) in [6.07, 6.45) is 0.796. The van der Waals surface area contributed by atoms with Gasteiger partial charge in [-0.2, -0.15) is 0 Å². The smallest absolute Gasteiger partial charge is 0.262 e. The molecule has 1 aliphatic rings. The highest BCUT2D eigenvalue weighted by atomic mass is 16.2. The number of nitrogen functional groups attached to an aromatic ring is 1. The molecule has 0 saturated carbocycles. The third-order valence-electron chi connectivity index (χ3n) is 2.87. The Morgan fingerprint density at radius 3 is 2.63 bits per heavy atom. The molecule has 19 heavy (non-hydrogen) atoms. The van der Waals surface area contributed by atoms with E-state index in [9.17, 15) is 14.4 Å². The minimum absolute atomic E-state index is 0.258. The first kappa shape index (κ1) is 13.1. The first-order valence-electron chi connectivity index (χ1n) is 6.07.